The Bertz CT molecular complexity index is 685. The van der Waals surface area contributed by atoms with Crippen LogP contribution in [-0.2, 0) is 24.3 Å². The highest BCUT2D eigenvalue weighted by molar-refractivity contribution is 6.30. The van der Waals surface area contributed by atoms with Gasteiger partial charge in [0.25, 0.3) is 0 Å². The smallest absolute Gasteiger partial charge is 0.237 e. The van der Waals surface area contributed by atoms with Crippen LogP contribution in [0, 0.1) is 0 Å². The van der Waals surface area contributed by atoms with Crippen molar-refractivity contribution < 1.29 is 4.79 Å². The second-order valence-corrected chi connectivity index (χ2v) is 6.31. The maximum absolute atomic E-state index is 12.3. The number of fused-ring (bicyclic) bond motifs is 1. The van der Waals surface area contributed by atoms with Crippen LogP contribution in [-0.4, -0.2) is 39.7 Å². The van der Waals surface area contributed by atoms with Crippen LogP contribution < -0.4 is 5.32 Å². The van der Waals surface area contributed by atoms with Crippen LogP contribution in [0.25, 0.3) is 0 Å². The third-order valence-electron chi connectivity index (χ3n) is 4.33. The van der Waals surface area contributed by atoms with Crippen molar-refractivity contribution in [1.82, 2.24) is 20.0 Å². The van der Waals surface area contributed by atoms with E-state index in [-0.39, 0.29) is 11.9 Å². The Balaban J connectivity index is 1.50. The Hall–Kier alpha value is -1.85. The molecule has 1 unspecified atom stereocenters. The third-order valence-corrected chi connectivity index (χ3v) is 4.52. The van der Waals surface area contributed by atoms with E-state index < -0.39 is 0 Å². The highest BCUT2D eigenvalue weighted by atomic mass is 35.5. The van der Waals surface area contributed by atoms with Crippen LogP contribution in [0.3, 0.4) is 0 Å². The molecule has 2 heterocycles. The second kappa shape index (κ2) is 7.15. The molecule has 5 nitrogen and oxygen atoms in total. The highest BCUT2D eigenvalue weighted by Crippen LogP contribution is 2.20. The summed E-state index contributed by atoms with van der Waals surface area (Å²) in [5, 5.41) is 7.68. The van der Waals surface area contributed by atoms with Crippen LogP contribution in [0.5, 0.6) is 0 Å². The Kier molecular flexibility index (Phi) is 4.98. The predicted molar refractivity (Wildman–Crippen MR) is 90.3 cm³/mol. The molecule has 0 aliphatic carbocycles. The minimum Gasteiger partial charge on any atom is -0.353 e. The fourth-order valence-corrected chi connectivity index (χ4v) is 3.07. The zero-order valence-electron chi connectivity index (χ0n) is 13.2. The number of carbonyl (C=O) groups excluding carboxylic acids is 1. The fourth-order valence-electron chi connectivity index (χ4n) is 2.92. The first kappa shape index (κ1) is 16.0. The molecule has 0 bridgehead atoms. The summed E-state index contributed by atoms with van der Waals surface area (Å²) >= 11 is 5.82. The average Bonchev–Trinajstić information content (AvgIpc) is 2.99. The number of amides is 1. The molecule has 1 aromatic carbocycles. The Morgan fingerprint density at radius 1 is 1.39 bits per heavy atom. The van der Waals surface area contributed by atoms with Crippen LogP contribution in [0.2, 0.25) is 5.02 Å². The molecule has 1 atom stereocenters. The molecule has 1 aromatic heterocycles. The molecule has 0 saturated carbocycles. The van der Waals surface area contributed by atoms with Crippen molar-refractivity contribution in [3.63, 3.8) is 0 Å². The number of hydrogen-bond donors (Lipinski definition) is 1. The maximum Gasteiger partial charge on any atom is 0.237 e. The topological polar surface area (TPSA) is 50.2 Å². The standard InChI is InChI=1S/C17H21ClN4O/c1-13(17(23)19-7-9-22-12-16(18)10-20-22)21-8-6-14-4-2-3-5-15(14)11-21/h2-5,10,12-13H,6-9,11H2,1H3,(H,19,23). The van der Waals surface area contributed by atoms with Gasteiger partial charge >= 0.3 is 0 Å². The van der Waals surface area contributed by atoms with Crippen molar-refractivity contribution in [1.29, 1.82) is 0 Å². The summed E-state index contributed by atoms with van der Waals surface area (Å²) in [6.45, 7) is 4.88. The molecule has 0 fully saturated rings. The van der Waals surface area contributed by atoms with E-state index in [1.807, 2.05) is 6.92 Å². The van der Waals surface area contributed by atoms with Gasteiger partial charge in [0.15, 0.2) is 0 Å². The van der Waals surface area contributed by atoms with Crippen molar-refractivity contribution in [3.8, 4) is 0 Å². The Morgan fingerprint density at radius 2 is 2.17 bits per heavy atom. The summed E-state index contributed by atoms with van der Waals surface area (Å²) in [6.07, 6.45) is 4.34. The van der Waals surface area contributed by atoms with Crippen molar-refractivity contribution in [2.45, 2.75) is 32.5 Å². The lowest BCUT2D eigenvalue weighted by molar-refractivity contribution is -0.126. The van der Waals surface area contributed by atoms with Gasteiger partial charge in [-0.25, -0.2) is 0 Å². The highest BCUT2D eigenvalue weighted by Gasteiger charge is 2.24. The van der Waals surface area contributed by atoms with Gasteiger partial charge in [0, 0.05) is 25.8 Å². The number of nitrogens with one attached hydrogen (secondary N) is 1. The zero-order valence-corrected chi connectivity index (χ0v) is 14.0. The molecule has 6 heteroatoms. The first-order valence-electron chi connectivity index (χ1n) is 7.90. The molecule has 23 heavy (non-hydrogen) atoms. The normalized spacial score (nSPS) is 15.9. The second-order valence-electron chi connectivity index (χ2n) is 5.88. The van der Waals surface area contributed by atoms with Crippen LogP contribution in [0.15, 0.2) is 36.7 Å². The Labute approximate surface area is 141 Å². The van der Waals surface area contributed by atoms with Gasteiger partial charge in [0.2, 0.25) is 5.91 Å². The first-order valence-corrected chi connectivity index (χ1v) is 8.28. The van der Waals surface area contributed by atoms with Gasteiger partial charge < -0.3 is 5.32 Å². The SMILES string of the molecule is CC(C(=O)NCCn1cc(Cl)cn1)N1CCc2ccccc2C1. The van der Waals surface area contributed by atoms with Gasteiger partial charge in [-0.05, 0) is 24.5 Å². The lowest BCUT2D eigenvalue weighted by Crippen LogP contribution is -2.47. The number of nitrogens with zero attached hydrogens (tertiary/aromatic N) is 3. The van der Waals surface area contributed by atoms with E-state index in [1.54, 1.807) is 17.1 Å². The molecule has 1 aliphatic rings. The zero-order chi connectivity index (χ0) is 16.2. The number of carbonyl (C=O) groups is 1. The quantitative estimate of drug-likeness (QED) is 0.912. The number of aromatic nitrogens is 2. The number of hydrogen-bond acceptors (Lipinski definition) is 3. The summed E-state index contributed by atoms with van der Waals surface area (Å²) in [4.78, 5) is 14.6. The van der Waals surface area contributed by atoms with Gasteiger partial charge in [-0.1, -0.05) is 35.9 Å². The molecular formula is C17H21ClN4O. The molecule has 1 aliphatic heterocycles. The summed E-state index contributed by atoms with van der Waals surface area (Å²) in [7, 11) is 0. The first-order chi connectivity index (χ1) is 11.1. The molecular weight excluding hydrogens is 312 g/mol. The van der Waals surface area contributed by atoms with E-state index in [0.29, 0.717) is 18.1 Å². The van der Waals surface area contributed by atoms with E-state index in [4.69, 9.17) is 11.6 Å². The average molecular weight is 333 g/mol. The van der Waals surface area contributed by atoms with Crippen LogP contribution >= 0.6 is 11.6 Å². The van der Waals surface area contributed by atoms with E-state index >= 15 is 0 Å². The van der Waals surface area contributed by atoms with Gasteiger partial charge in [-0.15, -0.1) is 0 Å². The van der Waals surface area contributed by atoms with Gasteiger partial charge in [0.05, 0.1) is 23.8 Å². The minimum absolute atomic E-state index is 0.0580. The number of benzene rings is 1. The Morgan fingerprint density at radius 3 is 2.91 bits per heavy atom. The molecule has 1 N–H and O–H groups in total. The molecule has 1 amide bonds. The van der Waals surface area contributed by atoms with Gasteiger partial charge in [-0.3, -0.25) is 14.4 Å². The molecule has 0 spiro atoms. The summed E-state index contributed by atoms with van der Waals surface area (Å²) in [5.74, 6) is 0.0580. The van der Waals surface area contributed by atoms with Crippen molar-refractivity contribution in [2.75, 3.05) is 13.1 Å². The molecule has 0 saturated heterocycles. The lowest BCUT2D eigenvalue weighted by Gasteiger charge is -2.32. The van der Waals surface area contributed by atoms with Crippen molar-refractivity contribution in [3.05, 3.63) is 52.8 Å². The maximum atomic E-state index is 12.3. The monoisotopic (exact) mass is 332 g/mol. The van der Waals surface area contributed by atoms with Gasteiger partial charge in [0.1, 0.15) is 0 Å². The van der Waals surface area contributed by atoms with Gasteiger partial charge in [-0.2, -0.15) is 5.10 Å². The molecule has 122 valence electrons. The van der Waals surface area contributed by atoms with E-state index in [9.17, 15) is 4.79 Å². The fraction of sp³-hybridized carbons (Fsp3) is 0.412. The summed E-state index contributed by atoms with van der Waals surface area (Å²) in [6, 6.07) is 8.32. The largest absolute Gasteiger partial charge is 0.353 e. The minimum atomic E-state index is -0.135. The number of halogens is 1. The third kappa shape index (κ3) is 3.92. The predicted octanol–water partition coefficient (Wildman–Crippen LogP) is 2.10. The van der Waals surface area contributed by atoms with Crippen molar-refractivity contribution >= 4 is 17.5 Å². The van der Waals surface area contributed by atoms with Crippen LogP contribution in [0.4, 0.5) is 0 Å². The lowest BCUT2D eigenvalue weighted by atomic mass is 9.99. The van der Waals surface area contributed by atoms with E-state index in [1.165, 1.54) is 11.1 Å². The summed E-state index contributed by atoms with van der Waals surface area (Å²) in [5.41, 5.74) is 2.72. The van der Waals surface area contributed by atoms with E-state index in [0.717, 1.165) is 19.5 Å². The van der Waals surface area contributed by atoms with Crippen molar-refractivity contribution in [2.24, 2.45) is 0 Å². The van der Waals surface area contributed by atoms with Crippen LogP contribution in [0.1, 0.15) is 18.1 Å². The molecule has 3 rings (SSSR count). The molecule has 0 radical (unpaired) electrons. The van der Waals surface area contributed by atoms with E-state index in [2.05, 4.69) is 39.6 Å². The number of rotatable bonds is 5. The molecule has 2 aromatic rings. The summed E-state index contributed by atoms with van der Waals surface area (Å²) < 4.78 is 1.73.